The first-order valence-electron chi connectivity index (χ1n) is 7.25. The van der Waals surface area contributed by atoms with Gasteiger partial charge in [-0.3, -0.25) is 4.79 Å². The van der Waals surface area contributed by atoms with Gasteiger partial charge in [0.2, 0.25) is 0 Å². The lowest BCUT2D eigenvalue weighted by molar-refractivity contribution is 0.0983. The molecule has 1 N–H and O–H groups in total. The summed E-state index contributed by atoms with van der Waals surface area (Å²) in [5, 5.41) is 3.13. The number of hydrogen-bond acceptors (Lipinski definition) is 3. The Kier molecular flexibility index (Phi) is 4.93. The molecule has 110 valence electrons. The van der Waals surface area contributed by atoms with E-state index in [-0.39, 0.29) is 5.91 Å². The minimum Gasteiger partial charge on any atom is -0.370 e. The van der Waals surface area contributed by atoms with Crippen LogP contribution in [0.4, 0.5) is 11.5 Å². The molecule has 0 radical (unpaired) electrons. The van der Waals surface area contributed by atoms with Crippen LogP contribution in [0, 0.1) is 6.92 Å². The van der Waals surface area contributed by atoms with Gasteiger partial charge < -0.3 is 10.2 Å². The van der Waals surface area contributed by atoms with Crippen LogP contribution in [0.2, 0.25) is 0 Å². The molecule has 0 saturated carbocycles. The normalized spacial score (nSPS) is 10.2. The number of hydrogen-bond donors (Lipinski definition) is 1. The topological polar surface area (TPSA) is 45.2 Å². The third-order valence-corrected chi connectivity index (χ3v) is 3.23. The predicted molar refractivity (Wildman–Crippen MR) is 86.9 cm³/mol. The standard InChI is InChI=1S/C17H21N3O/c1-4-18-16-8-6-7-15(19-16)17(21)20(5-2)14-11-9-13(3)10-12-14/h6-12H,4-5H2,1-3H3,(H,18,19). The van der Waals surface area contributed by atoms with Gasteiger partial charge in [-0.1, -0.05) is 23.8 Å². The molecule has 0 fully saturated rings. The Bertz CT molecular complexity index is 608. The maximum absolute atomic E-state index is 12.7. The molecule has 0 aliphatic heterocycles. The molecule has 1 aromatic heterocycles. The van der Waals surface area contributed by atoms with Crippen molar-refractivity contribution in [1.82, 2.24) is 4.98 Å². The van der Waals surface area contributed by atoms with Gasteiger partial charge in [-0.05, 0) is 45.0 Å². The van der Waals surface area contributed by atoms with Crippen LogP contribution in [0.15, 0.2) is 42.5 Å². The highest BCUT2D eigenvalue weighted by atomic mass is 16.2. The van der Waals surface area contributed by atoms with Crippen molar-refractivity contribution in [3.05, 3.63) is 53.7 Å². The average Bonchev–Trinajstić information content (AvgIpc) is 2.50. The van der Waals surface area contributed by atoms with E-state index >= 15 is 0 Å². The van der Waals surface area contributed by atoms with Gasteiger partial charge >= 0.3 is 0 Å². The molecule has 1 aromatic carbocycles. The smallest absolute Gasteiger partial charge is 0.276 e. The number of nitrogens with one attached hydrogen (secondary N) is 1. The fraction of sp³-hybridized carbons (Fsp3) is 0.294. The average molecular weight is 283 g/mol. The number of rotatable bonds is 5. The lowest BCUT2D eigenvalue weighted by Crippen LogP contribution is -2.31. The SMILES string of the molecule is CCNc1cccc(C(=O)N(CC)c2ccc(C)cc2)n1. The van der Waals surface area contributed by atoms with Crippen molar-refractivity contribution in [2.45, 2.75) is 20.8 Å². The molecule has 21 heavy (non-hydrogen) atoms. The van der Waals surface area contributed by atoms with Gasteiger partial charge in [0.15, 0.2) is 0 Å². The fourth-order valence-electron chi connectivity index (χ4n) is 2.14. The van der Waals surface area contributed by atoms with E-state index in [2.05, 4.69) is 10.3 Å². The molecular formula is C17H21N3O. The Labute approximate surface area is 125 Å². The Morgan fingerprint density at radius 2 is 1.86 bits per heavy atom. The van der Waals surface area contributed by atoms with Gasteiger partial charge in [0, 0.05) is 18.8 Å². The number of anilines is 2. The van der Waals surface area contributed by atoms with Crippen LogP contribution in [0.3, 0.4) is 0 Å². The number of carbonyl (C=O) groups excluding carboxylic acids is 1. The number of amides is 1. The zero-order chi connectivity index (χ0) is 15.2. The first-order valence-corrected chi connectivity index (χ1v) is 7.25. The summed E-state index contributed by atoms with van der Waals surface area (Å²) in [4.78, 5) is 18.8. The van der Waals surface area contributed by atoms with Crippen LogP contribution in [-0.4, -0.2) is 24.0 Å². The summed E-state index contributed by atoms with van der Waals surface area (Å²) < 4.78 is 0. The summed E-state index contributed by atoms with van der Waals surface area (Å²) in [7, 11) is 0. The molecule has 2 rings (SSSR count). The maximum Gasteiger partial charge on any atom is 0.276 e. The predicted octanol–water partition coefficient (Wildman–Crippen LogP) is 3.49. The molecule has 1 heterocycles. The molecule has 0 bridgehead atoms. The summed E-state index contributed by atoms with van der Waals surface area (Å²) in [6.07, 6.45) is 0. The Morgan fingerprint density at radius 1 is 1.14 bits per heavy atom. The van der Waals surface area contributed by atoms with E-state index in [1.54, 1.807) is 11.0 Å². The number of carbonyl (C=O) groups is 1. The Morgan fingerprint density at radius 3 is 2.48 bits per heavy atom. The summed E-state index contributed by atoms with van der Waals surface area (Å²) >= 11 is 0. The Balaban J connectivity index is 2.27. The van der Waals surface area contributed by atoms with Gasteiger partial charge in [0.1, 0.15) is 11.5 Å². The van der Waals surface area contributed by atoms with E-state index in [9.17, 15) is 4.79 Å². The third-order valence-electron chi connectivity index (χ3n) is 3.23. The molecule has 0 aliphatic rings. The van der Waals surface area contributed by atoms with Crippen molar-refractivity contribution >= 4 is 17.4 Å². The van der Waals surface area contributed by atoms with E-state index in [1.165, 1.54) is 5.56 Å². The lowest BCUT2D eigenvalue weighted by atomic mass is 10.2. The number of nitrogens with zero attached hydrogens (tertiary/aromatic N) is 2. The van der Waals surface area contributed by atoms with Crippen molar-refractivity contribution < 1.29 is 4.79 Å². The second-order valence-electron chi connectivity index (χ2n) is 4.82. The van der Waals surface area contributed by atoms with Crippen LogP contribution in [-0.2, 0) is 0 Å². The molecule has 2 aromatic rings. The molecule has 4 nitrogen and oxygen atoms in total. The van der Waals surface area contributed by atoms with Crippen molar-refractivity contribution in [3.63, 3.8) is 0 Å². The Hall–Kier alpha value is -2.36. The van der Waals surface area contributed by atoms with Gasteiger partial charge in [0.05, 0.1) is 0 Å². The summed E-state index contributed by atoms with van der Waals surface area (Å²) in [5.41, 5.74) is 2.52. The fourth-order valence-corrected chi connectivity index (χ4v) is 2.14. The van der Waals surface area contributed by atoms with Crippen molar-refractivity contribution in [2.24, 2.45) is 0 Å². The molecule has 0 aliphatic carbocycles. The summed E-state index contributed by atoms with van der Waals surface area (Å²) in [5.74, 6) is 0.643. The second kappa shape index (κ2) is 6.88. The van der Waals surface area contributed by atoms with Crippen molar-refractivity contribution in [1.29, 1.82) is 0 Å². The van der Waals surface area contributed by atoms with E-state index in [4.69, 9.17) is 0 Å². The molecule has 0 spiro atoms. The van der Waals surface area contributed by atoms with Crippen LogP contribution in [0.1, 0.15) is 29.9 Å². The minimum atomic E-state index is -0.0823. The van der Waals surface area contributed by atoms with E-state index < -0.39 is 0 Å². The van der Waals surface area contributed by atoms with Crippen LogP contribution >= 0.6 is 0 Å². The zero-order valence-corrected chi connectivity index (χ0v) is 12.8. The van der Waals surface area contributed by atoms with Crippen LogP contribution in [0.25, 0.3) is 0 Å². The lowest BCUT2D eigenvalue weighted by Gasteiger charge is -2.21. The third kappa shape index (κ3) is 3.60. The molecule has 4 heteroatoms. The van der Waals surface area contributed by atoms with Crippen molar-refractivity contribution in [3.8, 4) is 0 Å². The number of pyridine rings is 1. The second-order valence-corrected chi connectivity index (χ2v) is 4.82. The van der Waals surface area contributed by atoms with E-state index in [1.807, 2.05) is 57.2 Å². The van der Waals surface area contributed by atoms with E-state index in [0.717, 1.165) is 18.1 Å². The molecular weight excluding hydrogens is 262 g/mol. The number of aromatic nitrogens is 1. The highest BCUT2D eigenvalue weighted by Crippen LogP contribution is 2.18. The van der Waals surface area contributed by atoms with E-state index in [0.29, 0.717) is 12.2 Å². The number of aryl methyl sites for hydroxylation is 1. The van der Waals surface area contributed by atoms with Crippen molar-refractivity contribution in [2.75, 3.05) is 23.3 Å². The quantitative estimate of drug-likeness (QED) is 0.913. The minimum absolute atomic E-state index is 0.0823. The highest BCUT2D eigenvalue weighted by Gasteiger charge is 2.17. The van der Waals surface area contributed by atoms with Gasteiger partial charge in [-0.15, -0.1) is 0 Å². The monoisotopic (exact) mass is 283 g/mol. The zero-order valence-electron chi connectivity index (χ0n) is 12.8. The first-order chi connectivity index (χ1) is 10.2. The van der Waals surface area contributed by atoms with Gasteiger partial charge in [0.25, 0.3) is 5.91 Å². The molecule has 0 atom stereocenters. The largest absolute Gasteiger partial charge is 0.370 e. The maximum atomic E-state index is 12.7. The first kappa shape index (κ1) is 15.0. The number of benzene rings is 1. The summed E-state index contributed by atoms with van der Waals surface area (Å²) in [6.45, 7) is 7.38. The van der Waals surface area contributed by atoms with Crippen LogP contribution < -0.4 is 10.2 Å². The summed E-state index contributed by atoms with van der Waals surface area (Å²) in [6, 6.07) is 13.4. The molecule has 1 amide bonds. The highest BCUT2D eigenvalue weighted by molar-refractivity contribution is 6.04. The van der Waals surface area contributed by atoms with Crippen LogP contribution in [0.5, 0.6) is 0 Å². The van der Waals surface area contributed by atoms with Gasteiger partial charge in [-0.25, -0.2) is 4.98 Å². The van der Waals surface area contributed by atoms with Gasteiger partial charge in [-0.2, -0.15) is 0 Å². The molecule has 0 saturated heterocycles. The molecule has 0 unspecified atom stereocenters.